The molecule has 0 bridgehead atoms. The summed E-state index contributed by atoms with van der Waals surface area (Å²) in [4.78, 5) is 0. The maximum Gasteiger partial charge on any atom is 0.0693 e. The molecule has 0 saturated carbocycles. The van der Waals surface area contributed by atoms with E-state index in [4.69, 9.17) is 11.6 Å². The van der Waals surface area contributed by atoms with E-state index in [0.717, 1.165) is 32.1 Å². The van der Waals surface area contributed by atoms with Crippen molar-refractivity contribution in [1.82, 2.24) is 0 Å². The van der Waals surface area contributed by atoms with E-state index in [1.807, 2.05) is 0 Å². The highest BCUT2D eigenvalue weighted by Crippen LogP contribution is 2.38. The van der Waals surface area contributed by atoms with Crippen LogP contribution in [-0.2, 0) is 12.8 Å². The van der Waals surface area contributed by atoms with Crippen molar-refractivity contribution >= 4 is 11.6 Å². The van der Waals surface area contributed by atoms with Crippen molar-refractivity contribution in [3.8, 4) is 6.07 Å². The minimum absolute atomic E-state index is 0.163. The summed E-state index contributed by atoms with van der Waals surface area (Å²) in [7, 11) is 0. The van der Waals surface area contributed by atoms with Crippen LogP contribution in [0.1, 0.15) is 30.4 Å². The Bertz CT molecular complexity index is 407. The van der Waals surface area contributed by atoms with Crippen LogP contribution in [0.5, 0.6) is 0 Å². The molecule has 0 aliphatic heterocycles. The number of nitriles is 1. The smallest absolute Gasteiger partial charge is 0.0693 e. The van der Waals surface area contributed by atoms with Gasteiger partial charge in [0, 0.05) is 5.88 Å². The largest absolute Gasteiger partial charge is 0.198 e. The van der Waals surface area contributed by atoms with Crippen LogP contribution in [0.25, 0.3) is 0 Å². The van der Waals surface area contributed by atoms with Crippen molar-refractivity contribution in [2.75, 3.05) is 5.88 Å². The fourth-order valence-electron chi connectivity index (χ4n) is 2.57. The van der Waals surface area contributed by atoms with Crippen LogP contribution in [0.2, 0.25) is 0 Å². The van der Waals surface area contributed by atoms with Crippen molar-refractivity contribution in [2.45, 2.75) is 32.1 Å². The highest BCUT2D eigenvalue weighted by atomic mass is 35.5. The first-order chi connectivity index (χ1) is 7.79. The second-order valence-electron chi connectivity index (χ2n) is 4.63. The lowest BCUT2D eigenvalue weighted by Crippen LogP contribution is -2.27. The summed E-state index contributed by atoms with van der Waals surface area (Å²) in [5.41, 5.74) is 2.60. The maximum absolute atomic E-state index is 9.40. The Hall–Kier alpha value is -1.00. The van der Waals surface area contributed by atoms with E-state index in [-0.39, 0.29) is 5.41 Å². The first kappa shape index (κ1) is 11.5. The Balaban J connectivity index is 2.19. The molecule has 1 nitrogen and oxygen atoms in total. The van der Waals surface area contributed by atoms with Crippen LogP contribution in [0.3, 0.4) is 0 Å². The second kappa shape index (κ2) is 4.89. The summed E-state index contributed by atoms with van der Waals surface area (Å²) in [6.45, 7) is 0. The van der Waals surface area contributed by atoms with Crippen molar-refractivity contribution < 1.29 is 0 Å². The van der Waals surface area contributed by atoms with Gasteiger partial charge in [-0.1, -0.05) is 24.3 Å². The van der Waals surface area contributed by atoms with Gasteiger partial charge < -0.3 is 0 Å². The van der Waals surface area contributed by atoms with Crippen molar-refractivity contribution in [2.24, 2.45) is 5.41 Å². The molecule has 0 saturated heterocycles. The third-order valence-electron chi connectivity index (χ3n) is 3.55. The number of halogens is 1. The van der Waals surface area contributed by atoms with E-state index < -0.39 is 0 Å². The highest BCUT2D eigenvalue weighted by Gasteiger charge is 2.33. The Kier molecular flexibility index (Phi) is 3.51. The summed E-state index contributed by atoms with van der Waals surface area (Å²) in [6.07, 6.45) is 4.79. The van der Waals surface area contributed by atoms with E-state index >= 15 is 0 Å². The fraction of sp³-hybridized carbons (Fsp3) is 0.500. The molecule has 0 amide bonds. The van der Waals surface area contributed by atoms with Gasteiger partial charge in [0.15, 0.2) is 0 Å². The molecule has 1 aliphatic carbocycles. The quantitative estimate of drug-likeness (QED) is 0.731. The average Bonchev–Trinajstić information content (AvgIpc) is 2.36. The molecule has 1 aromatic carbocycles. The lowest BCUT2D eigenvalue weighted by Gasteiger charge is -2.32. The molecular weight excluding hydrogens is 218 g/mol. The van der Waals surface area contributed by atoms with Crippen LogP contribution < -0.4 is 0 Å². The molecule has 1 unspecified atom stereocenters. The summed E-state index contributed by atoms with van der Waals surface area (Å²) in [6, 6.07) is 11.0. The van der Waals surface area contributed by atoms with Crippen molar-refractivity contribution in [1.29, 1.82) is 5.26 Å². The molecule has 1 aromatic rings. The van der Waals surface area contributed by atoms with E-state index in [1.165, 1.54) is 11.1 Å². The third kappa shape index (κ3) is 2.23. The SMILES string of the molecule is N#CC1(CCCCl)CCc2ccccc2C1. The molecule has 0 radical (unpaired) electrons. The Morgan fingerprint density at radius 2 is 2.06 bits per heavy atom. The number of rotatable bonds is 3. The molecule has 84 valence electrons. The number of aryl methyl sites for hydroxylation is 1. The zero-order valence-electron chi connectivity index (χ0n) is 9.38. The van der Waals surface area contributed by atoms with Crippen LogP contribution in [-0.4, -0.2) is 5.88 Å². The summed E-state index contributed by atoms with van der Waals surface area (Å²) < 4.78 is 0. The molecular formula is C14H16ClN. The lowest BCUT2D eigenvalue weighted by atomic mass is 9.70. The molecule has 0 aromatic heterocycles. The molecule has 2 rings (SSSR count). The van der Waals surface area contributed by atoms with Gasteiger partial charge >= 0.3 is 0 Å². The van der Waals surface area contributed by atoms with Gasteiger partial charge in [-0.25, -0.2) is 0 Å². The van der Waals surface area contributed by atoms with Gasteiger partial charge in [-0.05, 0) is 43.2 Å². The topological polar surface area (TPSA) is 23.8 Å². The molecule has 0 N–H and O–H groups in total. The van der Waals surface area contributed by atoms with E-state index in [9.17, 15) is 5.26 Å². The number of alkyl halides is 1. The van der Waals surface area contributed by atoms with E-state index in [1.54, 1.807) is 0 Å². The lowest BCUT2D eigenvalue weighted by molar-refractivity contribution is 0.313. The highest BCUT2D eigenvalue weighted by molar-refractivity contribution is 6.17. The van der Waals surface area contributed by atoms with Crippen LogP contribution in [0, 0.1) is 16.7 Å². The average molecular weight is 234 g/mol. The normalized spacial score (nSPS) is 23.5. The number of hydrogen-bond donors (Lipinski definition) is 0. The van der Waals surface area contributed by atoms with Crippen molar-refractivity contribution in [3.05, 3.63) is 35.4 Å². The molecule has 0 heterocycles. The fourth-order valence-corrected chi connectivity index (χ4v) is 2.70. The van der Waals surface area contributed by atoms with Crippen LogP contribution in [0.4, 0.5) is 0 Å². The molecule has 1 aliphatic rings. The summed E-state index contributed by atoms with van der Waals surface area (Å²) in [5.74, 6) is 0.658. The van der Waals surface area contributed by atoms with Gasteiger partial charge in [0.1, 0.15) is 0 Å². The van der Waals surface area contributed by atoms with Crippen molar-refractivity contribution in [3.63, 3.8) is 0 Å². The van der Waals surface area contributed by atoms with E-state index in [2.05, 4.69) is 30.3 Å². The predicted molar refractivity (Wildman–Crippen MR) is 66.5 cm³/mol. The Labute approximate surface area is 102 Å². The monoisotopic (exact) mass is 233 g/mol. The second-order valence-corrected chi connectivity index (χ2v) is 5.01. The Morgan fingerprint density at radius 3 is 2.75 bits per heavy atom. The predicted octanol–water partition coefficient (Wildman–Crippen LogP) is 3.70. The zero-order valence-corrected chi connectivity index (χ0v) is 10.1. The summed E-state index contributed by atoms with van der Waals surface area (Å²) in [5, 5.41) is 9.40. The molecule has 16 heavy (non-hydrogen) atoms. The van der Waals surface area contributed by atoms with Gasteiger partial charge in [0.25, 0.3) is 0 Å². The molecule has 0 spiro atoms. The standard InChI is InChI=1S/C14H16ClN/c15-9-3-7-14(11-16)8-6-12-4-1-2-5-13(12)10-14/h1-2,4-5H,3,6-10H2. The third-order valence-corrected chi connectivity index (χ3v) is 3.81. The molecule has 0 fully saturated rings. The van der Waals surface area contributed by atoms with Crippen LogP contribution >= 0.6 is 11.6 Å². The zero-order chi connectivity index (χ0) is 11.4. The van der Waals surface area contributed by atoms with Gasteiger partial charge in [0.2, 0.25) is 0 Å². The minimum Gasteiger partial charge on any atom is -0.198 e. The van der Waals surface area contributed by atoms with Gasteiger partial charge in [0.05, 0.1) is 11.5 Å². The first-order valence-electron chi connectivity index (χ1n) is 5.84. The number of fused-ring (bicyclic) bond motifs is 1. The first-order valence-corrected chi connectivity index (χ1v) is 6.37. The number of nitrogens with zero attached hydrogens (tertiary/aromatic N) is 1. The number of hydrogen-bond acceptors (Lipinski definition) is 1. The van der Waals surface area contributed by atoms with Gasteiger partial charge in [-0.15, -0.1) is 11.6 Å². The number of benzene rings is 1. The van der Waals surface area contributed by atoms with Crippen LogP contribution in [0.15, 0.2) is 24.3 Å². The molecule has 1 atom stereocenters. The minimum atomic E-state index is -0.163. The Morgan fingerprint density at radius 1 is 1.31 bits per heavy atom. The van der Waals surface area contributed by atoms with Gasteiger partial charge in [-0.3, -0.25) is 0 Å². The summed E-state index contributed by atoms with van der Waals surface area (Å²) >= 11 is 5.73. The maximum atomic E-state index is 9.40. The van der Waals surface area contributed by atoms with E-state index in [0.29, 0.717) is 5.88 Å². The van der Waals surface area contributed by atoms with Gasteiger partial charge in [-0.2, -0.15) is 5.26 Å². The molecule has 2 heteroatoms.